The van der Waals surface area contributed by atoms with Crippen LogP contribution < -0.4 is 4.74 Å². The number of hydrogen-bond acceptors (Lipinski definition) is 5. The predicted octanol–water partition coefficient (Wildman–Crippen LogP) is 2.23. The molecule has 8 nitrogen and oxygen atoms in total. The minimum absolute atomic E-state index is 0.0200. The first kappa shape index (κ1) is 17.3. The van der Waals surface area contributed by atoms with Crippen molar-refractivity contribution in [1.29, 1.82) is 0 Å². The van der Waals surface area contributed by atoms with Gasteiger partial charge in [-0.2, -0.15) is 5.10 Å². The number of carbonyl (C=O) groups is 1. The number of rotatable bonds is 4. The molecule has 1 amide bonds. The Kier molecular flexibility index (Phi) is 4.62. The summed E-state index contributed by atoms with van der Waals surface area (Å²) in [6.45, 7) is 1.37. The molecule has 2 aromatic heterocycles. The van der Waals surface area contributed by atoms with Crippen molar-refractivity contribution in [2.45, 2.75) is 18.8 Å². The van der Waals surface area contributed by atoms with Crippen LogP contribution in [-0.4, -0.2) is 56.0 Å². The van der Waals surface area contributed by atoms with E-state index in [4.69, 9.17) is 4.74 Å². The molecule has 1 fully saturated rings. The standard InChI is InChI=1S/C19H22N6O2/c1-24-12-21-23-18(24)14-6-4-8-25(11-14)19(26)16-10-20-22-17(16)13-5-3-7-15(9-13)27-2/h3,5,7,9-10,12,14H,4,6,8,11H2,1-2H3,(H,20,22)/t14-/m0/s1. The molecular weight excluding hydrogens is 344 g/mol. The lowest BCUT2D eigenvalue weighted by Crippen LogP contribution is -2.39. The van der Waals surface area contributed by atoms with Gasteiger partial charge in [0.05, 0.1) is 24.6 Å². The van der Waals surface area contributed by atoms with Crippen LogP contribution in [0.25, 0.3) is 11.3 Å². The third-order valence-electron chi connectivity index (χ3n) is 5.05. The van der Waals surface area contributed by atoms with Crippen LogP contribution >= 0.6 is 0 Å². The van der Waals surface area contributed by atoms with Crippen LogP contribution in [0.1, 0.15) is 34.9 Å². The van der Waals surface area contributed by atoms with Crippen LogP contribution in [0, 0.1) is 0 Å². The number of hydrogen-bond donors (Lipinski definition) is 1. The van der Waals surface area contributed by atoms with Crippen LogP contribution in [0.15, 0.2) is 36.8 Å². The average molecular weight is 366 g/mol. The van der Waals surface area contributed by atoms with Crippen LogP contribution in [-0.2, 0) is 7.05 Å². The molecule has 1 aliphatic rings. The number of piperidine rings is 1. The second-order valence-electron chi connectivity index (χ2n) is 6.78. The van der Waals surface area contributed by atoms with E-state index in [1.165, 1.54) is 0 Å². The highest BCUT2D eigenvalue weighted by Gasteiger charge is 2.29. The predicted molar refractivity (Wildman–Crippen MR) is 99.5 cm³/mol. The number of aromatic nitrogens is 5. The molecule has 3 aromatic rings. The van der Waals surface area contributed by atoms with E-state index >= 15 is 0 Å². The number of aromatic amines is 1. The summed E-state index contributed by atoms with van der Waals surface area (Å²) in [6.07, 6.45) is 5.25. The molecule has 0 bridgehead atoms. The topological polar surface area (TPSA) is 88.9 Å². The van der Waals surface area contributed by atoms with Gasteiger partial charge in [0.1, 0.15) is 17.9 Å². The molecule has 0 aliphatic carbocycles. The van der Waals surface area contributed by atoms with Crippen LogP contribution in [0.5, 0.6) is 5.75 Å². The summed E-state index contributed by atoms with van der Waals surface area (Å²) >= 11 is 0. The number of methoxy groups -OCH3 is 1. The summed E-state index contributed by atoms with van der Waals surface area (Å²) < 4.78 is 7.22. The van der Waals surface area contributed by atoms with E-state index in [-0.39, 0.29) is 11.8 Å². The largest absolute Gasteiger partial charge is 0.497 e. The molecule has 0 spiro atoms. The second kappa shape index (κ2) is 7.22. The number of H-pyrrole nitrogens is 1. The molecule has 1 N–H and O–H groups in total. The molecule has 1 aromatic carbocycles. The summed E-state index contributed by atoms with van der Waals surface area (Å²) in [6, 6.07) is 7.60. The first-order valence-electron chi connectivity index (χ1n) is 8.98. The van der Waals surface area contributed by atoms with E-state index in [9.17, 15) is 4.79 Å². The highest BCUT2D eigenvalue weighted by Crippen LogP contribution is 2.29. The highest BCUT2D eigenvalue weighted by atomic mass is 16.5. The summed E-state index contributed by atoms with van der Waals surface area (Å²) in [5.41, 5.74) is 2.15. The van der Waals surface area contributed by atoms with Gasteiger partial charge in [0.25, 0.3) is 5.91 Å². The van der Waals surface area contributed by atoms with E-state index in [0.29, 0.717) is 17.8 Å². The third kappa shape index (κ3) is 3.30. The van der Waals surface area contributed by atoms with Gasteiger partial charge in [0.2, 0.25) is 0 Å². The maximum atomic E-state index is 13.2. The SMILES string of the molecule is COc1cccc(-c2[nH]ncc2C(=O)N2CCC[C@H](c3nncn3C)C2)c1. The van der Waals surface area contributed by atoms with Gasteiger partial charge in [0.15, 0.2) is 0 Å². The fraction of sp³-hybridized carbons (Fsp3) is 0.368. The number of likely N-dealkylation sites (tertiary alicyclic amines) is 1. The van der Waals surface area contributed by atoms with E-state index in [1.54, 1.807) is 19.6 Å². The third-order valence-corrected chi connectivity index (χ3v) is 5.05. The molecule has 8 heteroatoms. The van der Waals surface area contributed by atoms with Crippen molar-refractivity contribution in [2.75, 3.05) is 20.2 Å². The Morgan fingerprint density at radius 2 is 2.26 bits per heavy atom. The smallest absolute Gasteiger partial charge is 0.257 e. The number of benzene rings is 1. The van der Waals surface area contributed by atoms with Crippen molar-refractivity contribution >= 4 is 5.91 Å². The number of nitrogens with one attached hydrogen (secondary N) is 1. The van der Waals surface area contributed by atoms with Crippen molar-refractivity contribution in [3.8, 4) is 17.0 Å². The molecule has 4 rings (SSSR count). The number of nitrogens with zero attached hydrogens (tertiary/aromatic N) is 5. The van der Waals surface area contributed by atoms with E-state index in [2.05, 4.69) is 20.4 Å². The molecular formula is C19H22N6O2. The van der Waals surface area contributed by atoms with Gasteiger partial charge in [-0.1, -0.05) is 12.1 Å². The summed E-state index contributed by atoms with van der Waals surface area (Å²) in [5.74, 6) is 1.84. The number of ether oxygens (including phenoxy) is 1. The van der Waals surface area contributed by atoms with Crippen molar-refractivity contribution < 1.29 is 9.53 Å². The first-order valence-corrected chi connectivity index (χ1v) is 8.98. The molecule has 3 heterocycles. The van der Waals surface area contributed by atoms with E-state index < -0.39 is 0 Å². The van der Waals surface area contributed by atoms with Crippen LogP contribution in [0.3, 0.4) is 0 Å². The van der Waals surface area contributed by atoms with Crippen molar-refractivity contribution in [2.24, 2.45) is 7.05 Å². The highest BCUT2D eigenvalue weighted by molar-refractivity contribution is 5.99. The van der Waals surface area contributed by atoms with Gasteiger partial charge in [-0.05, 0) is 25.0 Å². The lowest BCUT2D eigenvalue weighted by atomic mass is 9.96. The fourth-order valence-corrected chi connectivity index (χ4v) is 3.65. The fourth-order valence-electron chi connectivity index (χ4n) is 3.65. The van der Waals surface area contributed by atoms with Crippen LogP contribution in [0.2, 0.25) is 0 Å². The Balaban J connectivity index is 1.58. The first-order chi connectivity index (χ1) is 13.2. The lowest BCUT2D eigenvalue weighted by molar-refractivity contribution is 0.0704. The molecule has 0 unspecified atom stereocenters. The summed E-state index contributed by atoms with van der Waals surface area (Å²) in [5, 5.41) is 15.3. The van der Waals surface area contributed by atoms with Crippen molar-refractivity contribution in [3.05, 3.63) is 48.2 Å². The maximum Gasteiger partial charge on any atom is 0.257 e. The summed E-state index contributed by atoms with van der Waals surface area (Å²) in [4.78, 5) is 15.1. The molecule has 27 heavy (non-hydrogen) atoms. The van der Waals surface area contributed by atoms with E-state index in [1.807, 2.05) is 40.8 Å². The summed E-state index contributed by atoms with van der Waals surface area (Å²) in [7, 11) is 3.56. The molecule has 1 saturated heterocycles. The second-order valence-corrected chi connectivity index (χ2v) is 6.78. The zero-order valence-corrected chi connectivity index (χ0v) is 15.4. The van der Waals surface area contributed by atoms with Gasteiger partial charge < -0.3 is 14.2 Å². The minimum Gasteiger partial charge on any atom is -0.497 e. The number of carbonyl (C=O) groups excluding carboxylic acids is 1. The Hall–Kier alpha value is -3.16. The van der Waals surface area contributed by atoms with Gasteiger partial charge in [0, 0.05) is 31.6 Å². The van der Waals surface area contributed by atoms with Gasteiger partial charge in [-0.25, -0.2) is 0 Å². The zero-order valence-electron chi connectivity index (χ0n) is 15.4. The quantitative estimate of drug-likeness (QED) is 0.765. The average Bonchev–Trinajstić information content (AvgIpc) is 3.36. The molecule has 1 aliphatic heterocycles. The molecule has 0 saturated carbocycles. The Morgan fingerprint density at radius 3 is 3.04 bits per heavy atom. The molecule has 140 valence electrons. The van der Waals surface area contributed by atoms with Crippen molar-refractivity contribution in [3.63, 3.8) is 0 Å². The minimum atomic E-state index is -0.0200. The normalized spacial score (nSPS) is 17.1. The maximum absolute atomic E-state index is 13.2. The Bertz CT molecular complexity index is 947. The molecule has 1 atom stereocenters. The lowest BCUT2D eigenvalue weighted by Gasteiger charge is -2.32. The van der Waals surface area contributed by atoms with Gasteiger partial charge in [-0.15, -0.1) is 10.2 Å². The van der Waals surface area contributed by atoms with E-state index in [0.717, 1.165) is 36.5 Å². The van der Waals surface area contributed by atoms with Gasteiger partial charge >= 0.3 is 0 Å². The molecule has 0 radical (unpaired) electrons. The number of amides is 1. The monoisotopic (exact) mass is 366 g/mol. The van der Waals surface area contributed by atoms with Crippen molar-refractivity contribution in [1.82, 2.24) is 29.9 Å². The van der Waals surface area contributed by atoms with Gasteiger partial charge in [-0.3, -0.25) is 9.89 Å². The Labute approximate surface area is 157 Å². The van der Waals surface area contributed by atoms with Crippen LogP contribution in [0.4, 0.5) is 0 Å². The number of aryl methyl sites for hydroxylation is 1. The zero-order chi connectivity index (χ0) is 18.8. The Morgan fingerprint density at radius 1 is 1.37 bits per heavy atom.